The Balaban J connectivity index is 2.97. The summed E-state index contributed by atoms with van der Waals surface area (Å²) in [5.41, 5.74) is 4.13. The van der Waals surface area contributed by atoms with Gasteiger partial charge in [-0.2, -0.15) is 0 Å². The molecule has 0 aliphatic carbocycles. The second kappa shape index (κ2) is 5.38. The van der Waals surface area contributed by atoms with Crippen LogP contribution in [0.5, 0.6) is 0 Å². The third-order valence-corrected chi connectivity index (χ3v) is 3.73. The van der Waals surface area contributed by atoms with Crippen LogP contribution in [-0.2, 0) is 0 Å². The molecule has 1 nitrogen and oxygen atoms in total. The van der Waals surface area contributed by atoms with E-state index < -0.39 is 0 Å². The van der Waals surface area contributed by atoms with Crippen molar-refractivity contribution >= 4 is 0 Å². The Morgan fingerprint density at radius 3 is 2.35 bits per heavy atom. The Hall–Kier alpha value is -1.26. The van der Waals surface area contributed by atoms with Gasteiger partial charge in [0.05, 0.1) is 14.1 Å². The summed E-state index contributed by atoms with van der Waals surface area (Å²) >= 11 is 0. The van der Waals surface area contributed by atoms with Gasteiger partial charge in [0.25, 0.3) is 0 Å². The number of hydrogen-bond donors (Lipinski definition) is 0. The summed E-state index contributed by atoms with van der Waals surface area (Å²) in [6.07, 6.45) is 0. The lowest BCUT2D eigenvalue weighted by molar-refractivity contribution is -0.912. The van der Waals surface area contributed by atoms with E-state index >= 15 is 0 Å². The number of rotatable bonds is 3. The molecule has 0 amide bonds. The third-order valence-electron chi connectivity index (χ3n) is 3.73. The highest BCUT2D eigenvalue weighted by atomic mass is 15.3. The molecule has 0 spiro atoms. The lowest BCUT2D eigenvalue weighted by atomic mass is 10.00. The molecule has 1 aromatic rings. The summed E-state index contributed by atoms with van der Waals surface area (Å²) in [4.78, 5) is 0. The fourth-order valence-electron chi connectivity index (χ4n) is 1.85. The van der Waals surface area contributed by atoms with E-state index in [2.05, 4.69) is 64.9 Å². The summed E-state index contributed by atoms with van der Waals surface area (Å²) in [6.45, 7) is 9.41. The van der Waals surface area contributed by atoms with Crippen molar-refractivity contribution in [1.82, 2.24) is 0 Å². The molecule has 0 bridgehead atoms. The van der Waals surface area contributed by atoms with E-state index in [1.54, 1.807) is 0 Å². The van der Waals surface area contributed by atoms with E-state index in [1.165, 1.54) is 16.7 Å². The molecular weight excluding hydrogens is 206 g/mol. The average molecular weight is 230 g/mol. The zero-order valence-corrected chi connectivity index (χ0v) is 12.0. The van der Waals surface area contributed by atoms with Crippen molar-refractivity contribution in [3.05, 3.63) is 34.9 Å². The summed E-state index contributed by atoms with van der Waals surface area (Å²) in [7, 11) is 4.48. The minimum atomic E-state index is 0.468. The summed E-state index contributed by atoms with van der Waals surface area (Å²) in [5.74, 6) is 6.17. The Morgan fingerprint density at radius 1 is 1.18 bits per heavy atom. The molecule has 17 heavy (non-hydrogen) atoms. The number of benzene rings is 1. The SMILES string of the molecule is CC#CC[N+](C)(C)C(C)c1ccc(C)c(C)c1. The molecule has 0 aliphatic rings. The maximum atomic E-state index is 3.19. The van der Waals surface area contributed by atoms with Gasteiger partial charge in [0, 0.05) is 5.56 Å². The van der Waals surface area contributed by atoms with Crippen LogP contribution in [-0.4, -0.2) is 25.1 Å². The maximum Gasteiger partial charge on any atom is 0.140 e. The van der Waals surface area contributed by atoms with Gasteiger partial charge in [-0.15, -0.1) is 5.92 Å². The first-order valence-electron chi connectivity index (χ1n) is 6.18. The molecule has 1 rings (SSSR count). The van der Waals surface area contributed by atoms with Crippen LogP contribution in [0.3, 0.4) is 0 Å². The monoisotopic (exact) mass is 230 g/mol. The number of quaternary nitrogens is 1. The number of nitrogens with zero attached hydrogens (tertiary/aromatic N) is 1. The average Bonchev–Trinajstić information content (AvgIpc) is 2.29. The Labute approximate surface area is 106 Å². The first-order valence-corrected chi connectivity index (χ1v) is 6.18. The summed E-state index contributed by atoms with van der Waals surface area (Å²) in [6, 6.07) is 7.23. The van der Waals surface area contributed by atoms with E-state index in [-0.39, 0.29) is 0 Å². The van der Waals surface area contributed by atoms with Gasteiger partial charge >= 0.3 is 0 Å². The topological polar surface area (TPSA) is 0 Å². The van der Waals surface area contributed by atoms with Gasteiger partial charge < -0.3 is 4.48 Å². The fourth-order valence-corrected chi connectivity index (χ4v) is 1.85. The molecule has 0 radical (unpaired) electrons. The van der Waals surface area contributed by atoms with Crippen LogP contribution in [0.4, 0.5) is 0 Å². The van der Waals surface area contributed by atoms with Gasteiger partial charge in [0.15, 0.2) is 0 Å². The van der Waals surface area contributed by atoms with Crippen LogP contribution in [0.25, 0.3) is 0 Å². The van der Waals surface area contributed by atoms with Crippen molar-refractivity contribution in [2.75, 3.05) is 20.6 Å². The normalized spacial score (nSPS) is 12.8. The number of hydrogen-bond acceptors (Lipinski definition) is 0. The van der Waals surface area contributed by atoms with Crippen molar-refractivity contribution < 1.29 is 4.48 Å². The molecule has 0 saturated heterocycles. The van der Waals surface area contributed by atoms with Crippen LogP contribution in [0, 0.1) is 25.7 Å². The Morgan fingerprint density at radius 2 is 1.82 bits per heavy atom. The predicted molar refractivity (Wildman–Crippen MR) is 74.8 cm³/mol. The first-order chi connectivity index (χ1) is 7.88. The zero-order chi connectivity index (χ0) is 13.1. The smallest absolute Gasteiger partial charge is 0.140 e. The Kier molecular flexibility index (Phi) is 4.37. The minimum Gasteiger partial charge on any atom is -0.312 e. The molecule has 1 atom stereocenters. The molecule has 0 heterocycles. The van der Waals surface area contributed by atoms with Crippen molar-refractivity contribution in [3.63, 3.8) is 0 Å². The lowest BCUT2D eigenvalue weighted by Crippen LogP contribution is -2.42. The molecule has 1 aromatic carbocycles. The molecule has 1 heteroatoms. The van der Waals surface area contributed by atoms with Gasteiger partial charge in [-0.1, -0.05) is 12.1 Å². The summed E-state index contributed by atoms with van der Waals surface area (Å²) in [5, 5.41) is 0. The lowest BCUT2D eigenvalue weighted by Gasteiger charge is -2.34. The molecular formula is C16H24N+. The standard InChI is InChI=1S/C16H24N/c1-7-8-11-17(5,6)15(4)16-10-9-13(2)14(3)12-16/h9-10,12,15H,11H2,1-6H3/q+1. The van der Waals surface area contributed by atoms with Crippen LogP contribution in [0.2, 0.25) is 0 Å². The van der Waals surface area contributed by atoms with Crippen molar-refractivity contribution in [1.29, 1.82) is 0 Å². The van der Waals surface area contributed by atoms with Crippen LogP contribution >= 0.6 is 0 Å². The van der Waals surface area contributed by atoms with E-state index in [1.807, 2.05) is 6.92 Å². The molecule has 0 aliphatic heterocycles. The third kappa shape index (κ3) is 3.35. The molecule has 0 fully saturated rings. The van der Waals surface area contributed by atoms with Crippen LogP contribution in [0.15, 0.2) is 18.2 Å². The molecule has 0 aromatic heterocycles. The fraction of sp³-hybridized carbons (Fsp3) is 0.500. The van der Waals surface area contributed by atoms with Crippen molar-refractivity contribution in [2.24, 2.45) is 0 Å². The van der Waals surface area contributed by atoms with Gasteiger partial charge in [0.1, 0.15) is 12.6 Å². The number of aryl methyl sites for hydroxylation is 2. The molecule has 1 unspecified atom stereocenters. The van der Waals surface area contributed by atoms with Gasteiger partial charge in [-0.25, -0.2) is 0 Å². The maximum absolute atomic E-state index is 3.19. The Bertz CT molecular complexity index is 446. The zero-order valence-electron chi connectivity index (χ0n) is 12.0. The molecule has 92 valence electrons. The van der Waals surface area contributed by atoms with Crippen molar-refractivity contribution in [3.8, 4) is 11.8 Å². The largest absolute Gasteiger partial charge is 0.312 e. The highest BCUT2D eigenvalue weighted by molar-refractivity contribution is 5.30. The first kappa shape index (κ1) is 13.8. The van der Waals surface area contributed by atoms with Gasteiger partial charge in [-0.3, -0.25) is 0 Å². The highest BCUT2D eigenvalue weighted by Gasteiger charge is 2.24. The van der Waals surface area contributed by atoms with Crippen LogP contribution in [0.1, 0.15) is 36.6 Å². The predicted octanol–water partition coefficient (Wildman–Crippen LogP) is 3.46. The van der Waals surface area contributed by atoms with E-state index in [4.69, 9.17) is 0 Å². The minimum absolute atomic E-state index is 0.468. The second-order valence-corrected chi connectivity index (χ2v) is 5.38. The molecule has 0 N–H and O–H groups in total. The quantitative estimate of drug-likeness (QED) is 0.551. The van der Waals surface area contributed by atoms with Gasteiger partial charge in [-0.05, 0) is 50.8 Å². The summed E-state index contributed by atoms with van der Waals surface area (Å²) < 4.78 is 0.906. The second-order valence-electron chi connectivity index (χ2n) is 5.38. The van der Waals surface area contributed by atoms with Gasteiger partial charge in [0.2, 0.25) is 0 Å². The van der Waals surface area contributed by atoms with Crippen LogP contribution < -0.4 is 0 Å². The molecule has 0 saturated carbocycles. The van der Waals surface area contributed by atoms with Crippen molar-refractivity contribution in [2.45, 2.75) is 33.7 Å². The highest BCUT2D eigenvalue weighted by Crippen LogP contribution is 2.25. The van der Waals surface area contributed by atoms with E-state index in [0.717, 1.165) is 11.0 Å². The van der Waals surface area contributed by atoms with E-state index in [0.29, 0.717) is 6.04 Å². The van der Waals surface area contributed by atoms with E-state index in [9.17, 15) is 0 Å².